The topological polar surface area (TPSA) is 157 Å². The van der Waals surface area contributed by atoms with Gasteiger partial charge in [-0.1, -0.05) is 36.4 Å². The standard InChI is InChI=1S/C25H37FN4O2.C23H31FN3O2.C20H28FN3O.Na.H2O/c1-27(2)22(31)10-15-29-18-24(30(23(29)32)17-19-8-9-19)11-13-25(14-12-24,28(3)4)20-6-5-7-21(26)16-20;1-25(2)23(19-5-3-6-20(24)15-19)11-9-22(10-12-23)17-26(13-4-14-28)21(29)27(22)16-18-7-8-18;1-23(2)20(16-4-3-5-17(21)12-16)10-8-19(9-11-20)14-22-18(25)24(19)13-15-6-7-15;;/h5-7,16,19H,8-15,17-18H2,1-4H3;3,5-6,15,18H,4,7-13,16-17H2,1-2H3;3-5,12,15H,6-11,13-14H2,1-2H3,(H,22,25);;1H2/q;-1;;+1;/p-1. The van der Waals surface area contributed by atoms with E-state index in [0.717, 1.165) is 120 Å². The Bertz CT molecular complexity index is 2910. The summed E-state index contributed by atoms with van der Waals surface area (Å²) in [5, 5.41) is 3.08. The van der Waals surface area contributed by atoms with Gasteiger partial charge in [0.05, 0.1) is 16.6 Å². The Morgan fingerprint density at radius 3 is 1.18 bits per heavy atom. The fourth-order valence-corrected chi connectivity index (χ4v) is 15.9. The maximum absolute atomic E-state index is 14.1. The molecule has 6 saturated carbocycles. The molecule has 0 unspecified atom stereocenters. The van der Waals surface area contributed by atoms with Crippen molar-refractivity contribution in [3.05, 3.63) is 107 Å². The van der Waals surface area contributed by atoms with Crippen LogP contribution in [0.25, 0.3) is 0 Å². The number of carbonyl (C=O) groups is 4. The molecule has 3 aliphatic heterocycles. The maximum atomic E-state index is 14.1. The molecule has 88 heavy (non-hydrogen) atoms. The Balaban J connectivity index is 0.000000170. The van der Waals surface area contributed by atoms with Gasteiger partial charge in [0.1, 0.15) is 17.5 Å². The predicted molar refractivity (Wildman–Crippen MR) is 330 cm³/mol. The number of benzene rings is 3. The summed E-state index contributed by atoms with van der Waals surface area (Å²) in [6.07, 6.45) is 20.7. The van der Waals surface area contributed by atoms with E-state index >= 15 is 0 Å². The third-order valence-electron chi connectivity index (χ3n) is 22.2. The largest absolute Gasteiger partial charge is 1.00 e. The summed E-state index contributed by atoms with van der Waals surface area (Å²) in [5.74, 6) is 1.41. The number of carbonyl (C=O) groups excluding carboxylic acids is 5. The SMILES string of the molecule is CN(C)C(=O)CCN1CC2(CCC(c3cccc(F)c3)(N(C)C)CC2)N(CC2CC2)C1=O.CN(C)C1(c2cccc(F)c2)CCC2(CC1)CN(CC[C-]=O)C(=O)N2CC1CC1.CN(C)C1(c2cccc(F)c2)CCC2(CC1)CNC(=O)N2CC1CC1.[Na+].[OH-]. The molecule has 3 spiro atoms. The van der Waals surface area contributed by atoms with E-state index in [1.807, 2.05) is 34.3 Å². The zero-order valence-corrected chi connectivity index (χ0v) is 56.1. The van der Waals surface area contributed by atoms with E-state index in [0.29, 0.717) is 50.4 Å². The molecule has 3 heterocycles. The van der Waals surface area contributed by atoms with Gasteiger partial charge in [-0.15, -0.1) is 6.42 Å². The number of hydrogen-bond donors (Lipinski definition) is 1. The average molecular weight is 1230 g/mol. The molecule has 20 heteroatoms. The van der Waals surface area contributed by atoms with Gasteiger partial charge < -0.3 is 45.0 Å². The summed E-state index contributed by atoms with van der Waals surface area (Å²) in [5.41, 5.74) is 2.09. The van der Waals surface area contributed by atoms with E-state index in [1.165, 1.54) is 56.7 Å². The van der Waals surface area contributed by atoms with Crippen molar-refractivity contribution < 1.29 is 72.2 Å². The average Bonchev–Trinajstić information content (AvgIpc) is 2.32. The van der Waals surface area contributed by atoms with E-state index < -0.39 is 0 Å². The third-order valence-corrected chi connectivity index (χ3v) is 22.2. The van der Waals surface area contributed by atoms with Crippen LogP contribution in [0.15, 0.2) is 72.8 Å². The second kappa shape index (κ2) is 28.0. The van der Waals surface area contributed by atoms with Gasteiger partial charge in [0.2, 0.25) is 5.91 Å². The molecule has 0 radical (unpaired) electrons. The minimum Gasteiger partial charge on any atom is -0.870 e. The molecule has 12 rings (SSSR count). The van der Waals surface area contributed by atoms with Gasteiger partial charge in [-0.25, -0.2) is 27.6 Å². The van der Waals surface area contributed by atoms with Crippen LogP contribution in [-0.2, 0) is 26.2 Å². The molecular weight excluding hydrogens is 1130 g/mol. The fraction of sp³-hybridized carbons (Fsp3) is 0.662. The molecule has 9 aliphatic rings. The van der Waals surface area contributed by atoms with Gasteiger partial charge in [-0.3, -0.25) is 25.8 Å². The molecule has 2 N–H and O–H groups in total. The van der Waals surface area contributed by atoms with Crippen molar-refractivity contribution in [1.82, 2.24) is 49.4 Å². The Hall–Kier alpha value is -4.76. The van der Waals surface area contributed by atoms with E-state index in [-0.39, 0.29) is 116 Å². The first kappa shape index (κ1) is 69.1. The van der Waals surface area contributed by atoms with E-state index in [9.17, 15) is 37.1 Å². The molecule has 0 atom stereocenters. The first-order valence-electron chi connectivity index (χ1n) is 32.1. The molecule has 0 aromatic heterocycles. The van der Waals surface area contributed by atoms with Gasteiger partial charge >= 0.3 is 47.7 Å². The molecular formula is C68H97F3N10NaO6-. The van der Waals surface area contributed by atoms with Crippen LogP contribution in [0.4, 0.5) is 27.6 Å². The molecule has 3 saturated heterocycles. The van der Waals surface area contributed by atoms with Crippen LogP contribution in [0.3, 0.4) is 0 Å². The van der Waals surface area contributed by atoms with Crippen LogP contribution in [-0.4, -0.2) is 205 Å². The number of nitrogens with one attached hydrogen (secondary N) is 1. The number of rotatable bonds is 18. The zero-order valence-electron chi connectivity index (χ0n) is 54.1. The fourth-order valence-electron chi connectivity index (χ4n) is 15.9. The summed E-state index contributed by atoms with van der Waals surface area (Å²) in [6, 6.07) is 21.3. The molecule has 7 amide bonds. The molecule has 0 bridgehead atoms. The van der Waals surface area contributed by atoms with Crippen molar-refractivity contribution in [2.45, 2.75) is 162 Å². The molecule has 478 valence electrons. The Labute approximate surface area is 543 Å². The third kappa shape index (κ3) is 14.3. The number of nitrogens with zero attached hydrogens (tertiary/aromatic N) is 9. The van der Waals surface area contributed by atoms with E-state index in [2.05, 4.69) is 77.0 Å². The number of urea groups is 3. The summed E-state index contributed by atoms with van der Waals surface area (Å²) < 4.78 is 41.9. The summed E-state index contributed by atoms with van der Waals surface area (Å²) in [7, 11) is 16.0. The second-order valence-electron chi connectivity index (χ2n) is 28.1. The first-order chi connectivity index (χ1) is 41.0. The van der Waals surface area contributed by atoms with Crippen molar-refractivity contribution in [3.63, 3.8) is 0 Å². The van der Waals surface area contributed by atoms with Crippen LogP contribution in [0.1, 0.15) is 145 Å². The first-order valence-corrected chi connectivity index (χ1v) is 32.1. The number of hydrogen-bond acceptors (Lipinski definition) is 9. The molecule has 3 aromatic carbocycles. The van der Waals surface area contributed by atoms with Gasteiger partial charge in [0.15, 0.2) is 0 Å². The molecule has 16 nitrogen and oxygen atoms in total. The van der Waals surface area contributed by atoms with Crippen LogP contribution >= 0.6 is 0 Å². The van der Waals surface area contributed by atoms with Crippen molar-refractivity contribution in [1.29, 1.82) is 0 Å². The van der Waals surface area contributed by atoms with Crippen molar-refractivity contribution in [2.24, 2.45) is 17.8 Å². The number of halogens is 3. The van der Waals surface area contributed by atoms with E-state index in [4.69, 9.17) is 0 Å². The molecule has 6 aliphatic carbocycles. The minimum atomic E-state index is -0.226. The van der Waals surface area contributed by atoms with Crippen LogP contribution < -0.4 is 34.9 Å². The molecule has 9 fully saturated rings. The number of amides is 7. The van der Waals surface area contributed by atoms with Gasteiger partial charge in [0.25, 0.3) is 0 Å². The minimum absolute atomic E-state index is 0. The van der Waals surface area contributed by atoms with Crippen LogP contribution in [0.2, 0.25) is 0 Å². The van der Waals surface area contributed by atoms with Crippen molar-refractivity contribution in [3.8, 4) is 0 Å². The smallest absolute Gasteiger partial charge is 0.870 e. The van der Waals surface area contributed by atoms with Crippen molar-refractivity contribution >= 4 is 30.3 Å². The van der Waals surface area contributed by atoms with Gasteiger partial charge in [-0.05, 0) is 235 Å². The summed E-state index contributed by atoms with van der Waals surface area (Å²) >= 11 is 0. The maximum Gasteiger partial charge on any atom is 1.00 e. The Morgan fingerprint density at radius 1 is 0.523 bits per heavy atom. The quantitative estimate of drug-likeness (QED) is 0.103. The predicted octanol–water partition coefficient (Wildman–Crippen LogP) is 7.22. The normalized spacial score (nSPS) is 29.3. The Kier molecular flexibility index (Phi) is 22.0. The van der Waals surface area contributed by atoms with E-state index in [1.54, 1.807) is 55.4 Å². The molecule has 3 aromatic rings. The Morgan fingerprint density at radius 2 is 0.864 bits per heavy atom. The summed E-state index contributed by atoms with van der Waals surface area (Å²) in [4.78, 5) is 80.1. The second-order valence-corrected chi connectivity index (χ2v) is 28.1. The summed E-state index contributed by atoms with van der Waals surface area (Å²) in [6.45, 7) is 5.61. The van der Waals surface area contributed by atoms with Crippen molar-refractivity contribution in [2.75, 3.05) is 109 Å². The zero-order chi connectivity index (χ0) is 61.4. The van der Waals surface area contributed by atoms with Gasteiger partial charge in [0, 0.05) is 82.9 Å². The van der Waals surface area contributed by atoms with Gasteiger partial charge in [-0.2, -0.15) is 0 Å². The van der Waals surface area contributed by atoms with Crippen LogP contribution in [0, 0.1) is 35.2 Å². The monoisotopic (exact) mass is 1230 g/mol. The van der Waals surface area contributed by atoms with Crippen LogP contribution in [0.5, 0.6) is 0 Å².